The fraction of sp³-hybridized carbons (Fsp3) is 0.700. The number of hydrogen-bond acceptors (Lipinski definition) is 2. The number of hydrogen-bond donors (Lipinski definition) is 1. The van der Waals surface area contributed by atoms with Gasteiger partial charge < -0.3 is 10.1 Å². The highest BCUT2D eigenvalue weighted by molar-refractivity contribution is 5.67. The zero-order valence-electron chi connectivity index (χ0n) is 8.08. The molecule has 0 radical (unpaired) electrons. The molecule has 3 nitrogen and oxygen atoms in total. The first-order chi connectivity index (χ1) is 6.33. The molecule has 3 heteroatoms. The van der Waals surface area contributed by atoms with Gasteiger partial charge in [-0.15, -0.1) is 0 Å². The van der Waals surface area contributed by atoms with Crippen molar-refractivity contribution in [3.8, 4) is 0 Å². The van der Waals surface area contributed by atoms with Crippen LogP contribution in [-0.2, 0) is 4.74 Å². The Morgan fingerprint density at radius 2 is 2.31 bits per heavy atom. The number of alkyl carbamates (subject to hydrolysis) is 1. The second kappa shape index (κ2) is 5.62. The standard InChI is InChI=1S/C10H17NO2/c1-11-10(12)13-9-7-5-3-2-4-6-8-9/h5,7,9H,2-4,6,8H2,1H3,(H,11,12)/b7-5-. The van der Waals surface area contributed by atoms with Crippen LogP contribution in [0.15, 0.2) is 12.2 Å². The molecular weight excluding hydrogens is 166 g/mol. The number of ether oxygens (including phenoxy) is 1. The molecule has 0 fully saturated rings. The minimum atomic E-state index is -0.338. The smallest absolute Gasteiger partial charge is 0.407 e. The normalized spacial score (nSPS) is 25.5. The quantitative estimate of drug-likeness (QED) is 0.633. The highest BCUT2D eigenvalue weighted by atomic mass is 16.6. The molecule has 0 spiro atoms. The second-order valence-corrected chi connectivity index (χ2v) is 3.26. The van der Waals surface area contributed by atoms with Gasteiger partial charge in [-0.3, -0.25) is 0 Å². The van der Waals surface area contributed by atoms with E-state index in [1.807, 2.05) is 6.08 Å². The number of allylic oxidation sites excluding steroid dienone is 1. The van der Waals surface area contributed by atoms with Crippen molar-refractivity contribution in [2.45, 2.75) is 38.2 Å². The number of rotatable bonds is 1. The molecule has 0 bridgehead atoms. The number of nitrogens with one attached hydrogen (secondary N) is 1. The molecule has 74 valence electrons. The van der Waals surface area contributed by atoms with Crippen LogP contribution in [0.4, 0.5) is 4.79 Å². The molecule has 0 saturated heterocycles. The van der Waals surface area contributed by atoms with E-state index in [1.54, 1.807) is 7.05 Å². The van der Waals surface area contributed by atoms with Crippen molar-refractivity contribution < 1.29 is 9.53 Å². The first-order valence-corrected chi connectivity index (χ1v) is 4.88. The predicted molar refractivity (Wildman–Crippen MR) is 51.6 cm³/mol. The number of amides is 1. The Hall–Kier alpha value is -0.990. The predicted octanol–water partition coefficient (Wildman–Crippen LogP) is 2.23. The Morgan fingerprint density at radius 3 is 3.08 bits per heavy atom. The summed E-state index contributed by atoms with van der Waals surface area (Å²) < 4.78 is 5.14. The van der Waals surface area contributed by atoms with Crippen LogP contribution in [0.5, 0.6) is 0 Å². The van der Waals surface area contributed by atoms with E-state index < -0.39 is 0 Å². The lowest BCUT2D eigenvalue weighted by atomic mass is 10.0. The van der Waals surface area contributed by atoms with Crippen LogP contribution >= 0.6 is 0 Å². The van der Waals surface area contributed by atoms with Gasteiger partial charge in [0.05, 0.1) is 0 Å². The molecule has 1 aliphatic carbocycles. The van der Waals surface area contributed by atoms with Crippen LogP contribution in [0, 0.1) is 0 Å². The average Bonchev–Trinajstić information content (AvgIpc) is 2.09. The Balaban J connectivity index is 2.37. The van der Waals surface area contributed by atoms with E-state index in [-0.39, 0.29) is 12.2 Å². The fourth-order valence-corrected chi connectivity index (χ4v) is 1.42. The summed E-state index contributed by atoms with van der Waals surface area (Å²) in [4.78, 5) is 10.9. The summed E-state index contributed by atoms with van der Waals surface area (Å²) in [6.07, 6.45) is 9.42. The number of carbonyl (C=O) groups is 1. The van der Waals surface area contributed by atoms with E-state index in [2.05, 4.69) is 11.4 Å². The van der Waals surface area contributed by atoms with E-state index >= 15 is 0 Å². The molecule has 1 aliphatic rings. The van der Waals surface area contributed by atoms with Crippen LogP contribution in [-0.4, -0.2) is 19.2 Å². The lowest BCUT2D eigenvalue weighted by Gasteiger charge is -2.15. The van der Waals surface area contributed by atoms with Crippen molar-refractivity contribution in [2.24, 2.45) is 0 Å². The van der Waals surface area contributed by atoms with E-state index in [1.165, 1.54) is 12.8 Å². The largest absolute Gasteiger partial charge is 0.442 e. The highest BCUT2D eigenvalue weighted by Crippen LogP contribution is 2.13. The summed E-state index contributed by atoms with van der Waals surface area (Å²) in [6, 6.07) is 0. The molecule has 0 aromatic carbocycles. The van der Waals surface area contributed by atoms with Crippen LogP contribution in [0.25, 0.3) is 0 Å². The Morgan fingerprint density at radius 1 is 1.46 bits per heavy atom. The van der Waals surface area contributed by atoms with Gasteiger partial charge in [-0.05, 0) is 31.8 Å². The van der Waals surface area contributed by atoms with Gasteiger partial charge in [0, 0.05) is 7.05 Å². The lowest BCUT2D eigenvalue weighted by Crippen LogP contribution is -2.25. The maximum atomic E-state index is 10.9. The molecule has 1 N–H and O–H groups in total. The Labute approximate surface area is 79.2 Å². The van der Waals surface area contributed by atoms with Crippen LogP contribution in [0.3, 0.4) is 0 Å². The second-order valence-electron chi connectivity index (χ2n) is 3.26. The summed E-state index contributed by atoms with van der Waals surface area (Å²) >= 11 is 0. The van der Waals surface area contributed by atoms with E-state index in [4.69, 9.17) is 4.74 Å². The molecule has 0 aromatic rings. The minimum absolute atomic E-state index is 0.0275. The van der Waals surface area contributed by atoms with Crippen LogP contribution in [0.1, 0.15) is 32.1 Å². The molecule has 1 rings (SSSR count). The third-order valence-corrected chi connectivity index (χ3v) is 2.17. The highest BCUT2D eigenvalue weighted by Gasteiger charge is 2.10. The summed E-state index contributed by atoms with van der Waals surface area (Å²) in [7, 11) is 1.58. The summed E-state index contributed by atoms with van der Waals surface area (Å²) in [5.74, 6) is 0. The van der Waals surface area contributed by atoms with Gasteiger partial charge in [0.25, 0.3) is 0 Å². The zero-order valence-corrected chi connectivity index (χ0v) is 8.08. The summed E-state index contributed by atoms with van der Waals surface area (Å²) in [5, 5.41) is 2.45. The van der Waals surface area contributed by atoms with Crippen LogP contribution in [0.2, 0.25) is 0 Å². The molecule has 1 unspecified atom stereocenters. The van der Waals surface area contributed by atoms with Gasteiger partial charge in [0.1, 0.15) is 6.10 Å². The van der Waals surface area contributed by atoms with E-state index in [9.17, 15) is 4.79 Å². The van der Waals surface area contributed by atoms with Crippen LogP contribution < -0.4 is 5.32 Å². The van der Waals surface area contributed by atoms with Gasteiger partial charge >= 0.3 is 6.09 Å². The SMILES string of the molecule is CNC(=O)OC1/C=C\CCCCC1. The monoisotopic (exact) mass is 183 g/mol. The van der Waals surface area contributed by atoms with Crippen molar-refractivity contribution in [3.63, 3.8) is 0 Å². The van der Waals surface area contributed by atoms with E-state index in [0.29, 0.717) is 0 Å². The molecule has 1 amide bonds. The molecule has 0 aliphatic heterocycles. The average molecular weight is 183 g/mol. The lowest BCUT2D eigenvalue weighted by molar-refractivity contribution is 0.115. The van der Waals surface area contributed by atoms with Crippen molar-refractivity contribution >= 4 is 6.09 Å². The minimum Gasteiger partial charge on any atom is -0.442 e. The van der Waals surface area contributed by atoms with Crippen molar-refractivity contribution in [2.75, 3.05) is 7.05 Å². The topological polar surface area (TPSA) is 38.3 Å². The van der Waals surface area contributed by atoms with Gasteiger partial charge in [-0.2, -0.15) is 0 Å². The maximum Gasteiger partial charge on any atom is 0.407 e. The van der Waals surface area contributed by atoms with E-state index in [0.717, 1.165) is 19.3 Å². The zero-order chi connectivity index (χ0) is 9.52. The van der Waals surface area contributed by atoms with Gasteiger partial charge in [-0.1, -0.05) is 12.5 Å². The van der Waals surface area contributed by atoms with Gasteiger partial charge in [0.15, 0.2) is 0 Å². The first kappa shape index (κ1) is 10.1. The van der Waals surface area contributed by atoms with Gasteiger partial charge in [0.2, 0.25) is 0 Å². The molecule has 13 heavy (non-hydrogen) atoms. The molecule has 0 saturated carbocycles. The molecule has 0 heterocycles. The first-order valence-electron chi connectivity index (χ1n) is 4.88. The van der Waals surface area contributed by atoms with Crippen molar-refractivity contribution in [3.05, 3.63) is 12.2 Å². The third-order valence-electron chi connectivity index (χ3n) is 2.17. The van der Waals surface area contributed by atoms with Gasteiger partial charge in [-0.25, -0.2) is 4.79 Å². The summed E-state index contributed by atoms with van der Waals surface area (Å²) in [6.45, 7) is 0. The summed E-state index contributed by atoms with van der Waals surface area (Å²) in [5.41, 5.74) is 0. The molecule has 1 atom stereocenters. The maximum absolute atomic E-state index is 10.9. The Kier molecular flexibility index (Phi) is 4.36. The van der Waals surface area contributed by atoms with Crippen molar-refractivity contribution in [1.82, 2.24) is 5.32 Å². The fourth-order valence-electron chi connectivity index (χ4n) is 1.42. The molecular formula is C10H17NO2. The third kappa shape index (κ3) is 3.97. The number of carbonyl (C=O) groups excluding carboxylic acids is 1. The molecule has 0 aromatic heterocycles. The van der Waals surface area contributed by atoms with Crippen molar-refractivity contribution in [1.29, 1.82) is 0 Å². The Bertz CT molecular complexity index is 189.